The van der Waals surface area contributed by atoms with Crippen LogP contribution in [0.1, 0.15) is 19.4 Å². The maximum absolute atomic E-state index is 6.14. The molecule has 0 aliphatic rings. The molecule has 0 amide bonds. The van der Waals surface area contributed by atoms with Crippen molar-refractivity contribution in [3.05, 3.63) is 22.7 Å². The molecule has 0 spiro atoms. The molecule has 1 heterocycles. The fraction of sp³-hybridized carbons (Fsp3) is 0.364. The summed E-state index contributed by atoms with van der Waals surface area (Å²) in [4.78, 5) is 0. The van der Waals surface area contributed by atoms with E-state index in [2.05, 4.69) is 9.82 Å². The van der Waals surface area contributed by atoms with Crippen LogP contribution in [0.2, 0.25) is 5.02 Å². The van der Waals surface area contributed by atoms with Crippen molar-refractivity contribution in [1.82, 2.24) is 9.78 Å². The summed E-state index contributed by atoms with van der Waals surface area (Å²) in [6, 6.07) is 3.85. The Kier molecular flexibility index (Phi) is 5.11. The predicted octanol–water partition coefficient (Wildman–Crippen LogP) is 3.50. The zero-order chi connectivity index (χ0) is 13.0. The Balaban J connectivity index is 0.000000686. The molecule has 0 atom stereocenters. The van der Waals surface area contributed by atoms with Gasteiger partial charge in [0.1, 0.15) is 0 Å². The molecule has 0 aliphatic carbocycles. The van der Waals surface area contributed by atoms with E-state index < -0.39 is 0 Å². The lowest BCUT2D eigenvalue weighted by molar-refractivity contribution is 0.800. The largest absolute Gasteiger partial charge is 0.299 e. The standard InChI is InChI=1S/C9H11ClN4S.C2H6/c1-5-3-4-6(10)7-8(5)14(2)12-9(7)13-15-11;1-2/h3-4H,11H2,1-2H3,(H,12,13);1-2H3. The number of hydrogen-bond donors (Lipinski definition) is 2. The predicted molar refractivity (Wildman–Crippen MR) is 77.2 cm³/mol. The molecule has 17 heavy (non-hydrogen) atoms. The van der Waals surface area contributed by atoms with Gasteiger partial charge in [-0.1, -0.05) is 31.5 Å². The van der Waals surface area contributed by atoms with Crippen LogP contribution < -0.4 is 9.86 Å². The zero-order valence-corrected chi connectivity index (χ0v) is 12.0. The second-order valence-electron chi connectivity index (χ2n) is 3.28. The van der Waals surface area contributed by atoms with Crippen LogP contribution in [0.25, 0.3) is 10.9 Å². The van der Waals surface area contributed by atoms with Gasteiger partial charge >= 0.3 is 0 Å². The van der Waals surface area contributed by atoms with Crippen molar-refractivity contribution in [1.29, 1.82) is 0 Å². The number of nitrogens with zero attached hydrogens (tertiary/aromatic N) is 2. The van der Waals surface area contributed by atoms with E-state index in [1.54, 1.807) is 4.68 Å². The highest BCUT2D eigenvalue weighted by molar-refractivity contribution is 7.98. The third-order valence-corrected chi connectivity index (χ3v) is 2.92. The minimum atomic E-state index is 0.681. The number of anilines is 1. The molecule has 94 valence electrons. The summed E-state index contributed by atoms with van der Waals surface area (Å²) >= 11 is 7.15. The monoisotopic (exact) mass is 272 g/mol. The summed E-state index contributed by atoms with van der Waals surface area (Å²) in [7, 11) is 1.89. The smallest absolute Gasteiger partial charge is 0.168 e. The molecule has 6 heteroatoms. The van der Waals surface area contributed by atoms with Gasteiger partial charge in [-0.3, -0.25) is 14.5 Å². The van der Waals surface area contributed by atoms with Crippen molar-refractivity contribution in [3.8, 4) is 0 Å². The van der Waals surface area contributed by atoms with E-state index in [-0.39, 0.29) is 0 Å². The number of nitrogens with two attached hydrogens (primary N) is 1. The molecule has 0 radical (unpaired) electrons. The molecule has 0 unspecified atom stereocenters. The van der Waals surface area contributed by atoms with Gasteiger partial charge in [-0.25, -0.2) is 0 Å². The minimum Gasteiger partial charge on any atom is -0.299 e. The van der Waals surface area contributed by atoms with Gasteiger partial charge < -0.3 is 0 Å². The van der Waals surface area contributed by atoms with Crippen molar-refractivity contribution in [2.24, 2.45) is 12.2 Å². The average molecular weight is 273 g/mol. The van der Waals surface area contributed by atoms with Gasteiger partial charge in [0.25, 0.3) is 0 Å². The Morgan fingerprint density at radius 1 is 1.41 bits per heavy atom. The maximum Gasteiger partial charge on any atom is 0.168 e. The van der Waals surface area contributed by atoms with Gasteiger partial charge in [-0.2, -0.15) is 5.10 Å². The molecular weight excluding hydrogens is 256 g/mol. The number of benzene rings is 1. The van der Waals surface area contributed by atoms with E-state index in [9.17, 15) is 0 Å². The van der Waals surface area contributed by atoms with Crippen LogP contribution in [-0.4, -0.2) is 9.78 Å². The molecule has 0 saturated heterocycles. The maximum atomic E-state index is 6.14. The SMILES string of the molecule is CC.Cc1ccc(Cl)c2c(NSN)nn(C)c12. The molecule has 0 bridgehead atoms. The Labute approximate surface area is 111 Å². The fourth-order valence-corrected chi connectivity index (χ4v) is 2.19. The normalized spacial score (nSPS) is 10.0. The Bertz CT molecular complexity index is 510. The molecule has 1 aromatic carbocycles. The number of fused-ring (bicyclic) bond motifs is 1. The molecule has 1 aromatic heterocycles. The Hall–Kier alpha value is -0.910. The van der Waals surface area contributed by atoms with Gasteiger partial charge in [0.15, 0.2) is 5.82 Å². The van der Waals surface area contributed by atoms with Gasteiger partial charge in [-0.15, -0.1) is 0 Å². The van der Waals surface area contributed by atoms with Crippen molar-refractivity contribution in [3.63, 3.8) is 0 Å². The van der Waals surface area contributed by atoms with Crippen LogP contribution in [0, 0.1) is 6.92 Å². The minimum absolute atomic E-state index is 0.681. The zero-order valence-electron chi connectivity index (χ0n) is 10.4. The van der Waals surface area contributed by atoms with E-state index >= 15 is 0 Å². The summed E-state index contributed by atoms with van der Waals surface area (Å²) in [6.45, 7) is 6.03. The first kappa shape index (κ1) is 14.2. The number of rotatable bonds is 2. The first-order valence-electron chi connectivity index (χ1n) is 5.38. The van der Waals surface area contributed by atoms with Gasteiger partial charge in [0.2, 0.25) is 0 Å². The number of aromatic nitrogens is 2. The highest BCUT2D eigenvalue weighted by Crippen LogP contribution is 2.32. The lowest BCUT2D eigenvalue weighted by Crippen LogP contribution is -1.94. The second-order valence-corrected chi connectivity index (χ2v) is 4.13. The molecule has 2 rings (SSSR count). The quantitative estimate of drug-likeness (QED) is 0.822. The van der Waals surface area contributed by atoms with E-state index in [4.69, 9.17) is 16.7 Å². The molecule has 4 nitrogen and oxygen atoms in total. The van der Waals surface area contributed by atoms with E-state index in [0.717, 1.165) is 28.6 Å². The van der Waals surface area contributed by atoms with Crippen LogP contribution in [-0.2, 0) is 7.05 Å². The number of halogens is 1. The number of nitrogens with one attached hydrogen (secondary N) is 1. The summed E-state index contributed by atoms with van der Waals surface area (Å²) in [5.74, 6) is 0.703. The topological polar surface area (TPSA) is 55.9 Å². The van der Waals surface area contributed by atoms with Crippen LogP contribution >= 0.6 is 23.7 Å². The van der Waals surface area contributed by atoms with Crippen LogP contribution in [0.5, 0.6) is 0 Å². The summed E-state index contributed by atoms with van der Waals surface area (Å²) in [5.41, 5.74) is 2.17. The van der Waals surface area contributed by atoms with E-state index in [1.807, 2.05) is 40.0 Å². The van der Waals surface area contributed by atoms with Crippen molar-refractivity contribution >= 4 is 40.5 Å². The second kappa shape index (κ2) is 6.14. The van der Waals surface area contributed by atoms with Gasteiger partial charge in [-0.05, 0) is 18.6 Å². The Morgan fingerprint density at radius 2 is 2.06 bits per heavy atom. The van der Waals surface area contributed by atoms with Crippen molar-refractivity contribution < 1.29 is 0 Å². The Morgan fingerprint density at radius 3 is 2.65 bits per heavy atom. The average Bonchev–Trinajstić information content (AvgIpc) is 2.66. The highest BCUT2D eigenvalue weighted by atomic mass is 35.5. The van der Waals surface area contributed by atoms with E-state index in [1.165, 1.54) is 0 Å². The molecule has 0 saturated carbocycles. The van der Waals surface area contributed by atoms with Crippen LogP contribution in [0.15, 0.2) is 12.1 Å². The highest BCUT2D eigenvalue weighted by Gasteiger charge is 2.13. The molecule has 0 fully saturated rings. The third-order valence-electron chi connectivity index (χ3n) is 2.29. The van der Waals surface area contributed by atoms with Crippen LogP contribution in [0.3, 0.4) is 0 Å². The molecule has 3 N–H and O–H groups in total. The summed E-state index contributed by atoms with van der Waals surface area (Å²) in [5, 5.41) is 11.3. The lowest BCUT2D eigenvalue weighted by atomic mass is 10.1. The first-order chi connectivity index (χ1) is 8.15. The number of hydrogen-bond acceptors (Lipinski definition) is 4. The van der Waals surface area contributed by atoms with Gasteiger partial charge in [0.05, 0.1) is 15.9 Å². The first-order valence-corrected chi connectivity index (χ1v) is 6.64. The fourth-order valence-electron chi connectivity index (χ4n) is 1.69. The lowest BCUT2D eigenvalue weighted by Gasteiger charge is -2.01. The van der Waals surface area contributed by atoms with Crippen LogP contribution in [0.4, 0.5) is 5.82 Å². The van der Waals surface area contributed by atoms with Crippen molar-refractivity contribution in [2.75, 3.05) is 4.72 Å². The molecule has 2 aromatic rings. The van der Waals surface area contributed by atoms with Crippen molar-refractivity contribution in [2.45, 2.75) is 20.8 Å². The summed E-state index contributed by atoms with van der Waals surface area (Å²) < 4.78 is 4.72. The number of aryl methyl sites for hydroxylation is 2. The molecular formula is C11H17ClN4S. The van der Waals surface area contributed by atoms with Gasteiger partial charge in [0, 0.05) is 19.2 Å². The van der Waals surface area contributed by atoms with E-state index in [0.29, 0.717) is 10.8 Å². The summed E-state index contributed by atoms with van der Waals surface area (Å²) in [6.07, 6.45) is 0. The third kappa shape index (κ3) is 2.68. The molecule has 0 aliphatic heterocycles.